The number of rotatable bonds is 1. The summed E-state index contributed by atoms with van der Waals surface area (Å²) in [5.74, 6) is 1.46. The second-order valence-corrected chi connectivity index (χ2v) is 6.26. The van der Waals surface area contributed by atoms with Crippen LogP contribution in [-0.4, -0.2) is 25.1 Å². The van der Waals surface area contributed by atoms with Gasteiger partial charge in [0.05, 0.1) is 7.11 Å². The van der Waals surface area contributed by atoms with E-state index in [1.807, 2.05) is 0 Å². The number of hydrogen-bond acceptors (Lipinski definition) is 2. The lowest BCUT2D eigenvalue weighted by atomic mass is 9.72. The van der Waals surface area contributed by atoms with E-state index in [1.165, 1.54) is 35.1 Å². The molecule has 2 unspecified atom stereocenters. The highest BCUT2D eigenvalue weighted by Gasteiger charge is 2.37. The van der Waals surface area contributed by atoms with Gasteiger partial charge in [0.2, 0.25) is 0 Å². The van der Waals surface area contributed by atoms with Crippen molar-refractivity contribution in [2.45, 2.75) is 31.3 Å². The molecular weight excluding hydrogens is 258 g/mol. The quantitative estimate of drug-likeness (QED) is 0.791. The van der Waals surface area contributed by atoms with Gasteiger partial charge in [-0.05, 0) is 54.3 Å². The van der Waals surface area contributed by atoms with E-state index in [-0.39, 0.29) is 0 Å². The Morgan fingerprint density at radius 3 is 2.76 bits per heavy atom. The molecule has 2 nitrogen and oxygen atoms in total. The van der Waals surface area contributed by atoms with Crippen LogP contribution in [0.15, 0.2) is 42.5 Å². The third-order valence-corrected chi connectivity index (χ3v) is 5.16. The van der Waals surface area contributed by atoms with Crippen LogP contribution in [0.2, 0.25) is 0 Å². The summed E-state index contributed by atoms with van der Waals surface area (Å²) in [6.07, 6.45) is 2.42. The zero-order valence-corrected chi connectivity index (χ0v) is 12.7. The van der Waals surface area contributed by atoms with Gasteiger partial charge in [0, 0.05) is 18.5 Å². The van der Waals surface area contributed by atoms with E-state index in [4.69, 9.17) is 4.74 Å². The van der Waals surface area contributed by atoms with Crippen LogP contribution in [-0.2, 0) is 13.0 Å². The molecule has 0 aromatic heterocycles. The molecule has 0 saturated carbocycles. The Balaban J connectivity index is 1.91. The maximum Gasteiger partial charge on any atom is 0.119 e. The van der Waals surface area contributed by atoms with Gasteiger partial charge in [-0.1, -0.05) is 30.3 Å². The molecule has 0 fully saturated rings. The summed E-state index contributed by atoms with van der Waals surface area (Å²) < 4.78 is 5.46. The second-order valence-electron chi connectivity index (χ2n) is 6.26. The Kier molecular flexibility index (Phi) is 3.00. The maximum atomic E-state index is 5.46. The second kappa shape index (κ2) is 4.88. The first-order valence-corrected chi connectivity index (χ1v) is 7.73. The molecule has 4 rings (SSSR count). The van der Waals surface area contributed by atoms with Crippen LogP contribution in [0.5, 0.6) is 5.75 Å². The molecule has 2 aliphatic rings. The van der Waals surface area contributed by atoms with Crippen molar-refractivity contribution in [1.82, 2.24) is 4.90 Å². The number of aryl methyl sites for hydroxylation is 1. The monoisotopic (exact) mass is 279 g/mol. The van der Waals surface area contributed by atoms with Crippen LogP contribution < -0.4 is 4.74 Å². The fourth-order valence-corrected chi connectivity index (χ4v) is 4.11. The summed E-state index contributed by atoms with van der Waals surface area (Å²) in [6, 6.07) is 16.1. The normalized spacial score (nSPS) is 23.9. The van der Waals surface area contributed by atoms with E-state index >= 15 is 0 Å². The first kappa shape index (κ1) is 12.9. The fraction of sp³-hybridized carbons (Fsp3) is 0.368. The van der Waals surface area contributed by atoms with E-state index in [2.05, 4.69) is 54.4 Å². The third-order valence-electron chi connectivity index (χ3n) is 5.16. The zero-order chi connectivity index (χ0) is 14.4. The molecule has 0 bridgehead atoms. The molecule has 2 aromatic rings. The smallest absolute Gasteiger partial charge is 0.119 e. The Morgan fingerprint density at radius 2 is 1.90 bits per heavy atom. The number of likely N-dealkylation sites (N-methyl/N-ethyl adjacent to an activating group) is 1. The largest absolute Gasteiger partial charge is 0.497 e. The SMILES string of the molecule is COc1ccc2c(c1)C1c3ccccc3CN(C)C1CC2. The fourth-order valence-electron chi connectivity index (χ4n) is 4.11. The lowest BCUT2D eigenvalue weighted by molar-refractivity contribution is 0.178. The first-order valence-electron chi connectivity index (χ1n) is 7.73. The lowest BCUT2D eigenvalue weighted by Crippen LogP contribution is -2.43. The minimum atomic E-state index is 0.485. The molecule has 0 N–H and O–H groups in total. The third kappa shape index (κ3) is 1.97. The molecule has 21 heavy (non-hydrogen) atoms. The number of hydrogen-bond donors (Lipinski definition) is 0. The molecular formula is C19H21NO. The van der Waals surface area contributed by atoms with Crippen molar-refractivity contribution in [2.75, 3.05) is 14.2 Å². The molecule has 0 amide bonds. The van der Waals surface area contributed by atoms with Gasteiger partial charge in [-0.15, -0.1) is 0 Å². The number of fused-ring (bicyclic) bond motifs is 5. The van der Waals surface area contributed by atoms with Gasteiger partial charge < -0.3 is 4.74 Å². The van der Waals surface area contributed by atoms with Crippen molar-refractivity contribution < 1.29 is 4.74 Å². The van der Waals surface area contributed by atoms with Gasteiger partial charge in [-0.25, -0.2) is 0 Å². The Morgan fingerprint density at radius 1 is 1.05 bits per heavy atom. The van der Waals surface area contributed by atoms with Crippen molar-refractivity contribution in [3.05, 3.63) is 64.7 Å². The van der Waals surface area contributed by atoms with Crippen molar-refractivity contribution >= 4 is 0 Å². The van der Waals surface area contributed by atoms with E-state index in [0.29, 0.717) is 12.0 Å². The predicted molar refractivity (Wildman–Crippen MR) is 84.9 cm³/mol. The van der Waals surface area contributed by atoms with Crippen LogP contribution in [0.25, 0.3) is 0 Å². The number of ether oxygens (including phenoxy) is 1. The van der Waals surface area contributed by atoms with E-state index in [0.717, 1.165) is 12.3 Å². The van der Waals surface area contributed by atoms with Gasteiger partial charge in [0.25, 0.3) is 0 Å². The number of methoxy groups -OCH3 is 1. The van der Waals surface area contributed by atoms with E-state index < -0.39 is 0 Å². The molecule has 1 aliphatic carbocycles. The summed E-state index contributed by atoms with van der Waals surface area (Å²) in [5, 5.41) is 0. The minimum absolute atomic E-state index is 0.485. The highest BCUT2D eigenvalue weighted by Crippen LogP contribution is 2.44. The molecule has 2 atom stereocenters. The van der Waals surface area contributed by atoms with Crippen molar-refractivity contribution in [2.24, 2.45) is 0 Å². The highest BCUT2D eigenvalue weighted by molar-refractivity contribution is 5.49. The summed E-state index contributed by atoms with van der Waals surface area (Å²) in [6.45, 7) is 1.07. The number of nitrogens with zero attached hydrogens (tertiary/aromatic N) is 1. The Hall–Kier alpha value is -1.80. The molecule has 1 aliphatic heterocycles. The van der Waals surface area contributed by atoms with Crippen molar-refractivity contribution in [1.29, 1.82) is 0 Å². The molecule has 0 saturated heterocycles. The van der Waals surface area contributed by atoms with Gasteiger partial charge in [0.15, 0.2) is 0 Å². The zero-order valence-electron chi connectivity index (χ0n) is 12.7. The Labute approximate surface area is 126 Å². The average Bonchev–Trinajstić information content (AvgIpc) is 2.54. The average molecular weight is 279 g/mol. The summed E-state index contributed by atoms with van der Waals surface area (Å²) in [4.78, 5) is 2.52. The molecule has 1 heterocycles. The molecule has 0 radical (unpaired) electrons. The molecule has 0 spiro atoms. The Bertz CT molecular complexity index is 679. The predicted octanol–water partition coefficient (Wildman–Crippen LogP) is 3.59. The summed E-state index contributed by atoms with van der Waals surface area (Å²) >= 11 is 0. The van der Waals surface area contributed by atoms with Gasteiger partial charge in [-0.2, -0.15) is 0 Å². The van der Waals surface area contributed by atoms with E-state index in [9.17, 15) is 0 Å². The summed E-state index contributed by atoms with van der Waals surface area (Å²) in [7, 11) is 4.02. The highest BCUT2D eigenvalue weighted by atomic mass is 16.5. The molecule has 2 aromatic carbocycles. The van der Waals surface area contributed by atoms with Gasteiger partial charge in [-0.3, -0.25) is 4.90 Å². The van der Waals surface area contributed by atoms with Crippen LogP contribution in [0.3, 0.4) is 0 Å². The van der Waals surface area contributed by atoms with Crippen LogP contribution in [0.1, 0.15) is 34.6 Å². The van der Waals surface area contributed by atoms with Gasteiger partial charge in [0.1, 0.15) is 5.75 Å². The standard InChI is InChI=1S/C19H21NO/c1-20-12-14-5-3-4-6-16(14)19-17-11-15(21-2)9-7-13(17)8-10-18(19)20/h3-7,9,11,18-19H,8,10,12H2,1-2H3. The maximum absolute atomic E-state index is 5.46. The van der Waals surface area contributed by atoms with Crippen molar-refractivity contribution in [3.8, 4) is 5.75 Å². The minimum Gasteiger partial charge on any atom is -0.497 e. The lowest BCUT2D eigenvalue weighted by Gasteiger charge is -2.44. The number of benzene rings is 2. The molecule has 2 heteroatoms. The van der Waals surface area contributed by atoms with Crippen LogP contribution in [0, 0.1) is 0 Å². The summed E-state index contributed by atoms with van der Waals surface area (Å²) in [5.41, 5.74) is 5.93. The molecule has 108 valence electrons. The van der Waals surface area contributed by atoms with Gasteiger partial charge >= 0.3 is 0 Å². The van der Waals surface area contributed by atoms with Crippen LogP contribution in [0.4, 0.5) is 0 Å². The van der Waals surface area contributed by atoms with E-state index in [1.54, 1.807) is 7.11 Å². The van der Waals surface area contributed by atoms with Crippen molar-refractivity contribution in [3.63, 3.8) is 0 Å². The topological polar surface area (TPSA) is 12.5 Å². The first-order chi connectivity index (χ1) is 10.3. The van der Waals surface area contributed by atoms with Crippen LogP contribution >= 0.6 is 0 Å².